The fourth-order valence-corrected chi connectivity index (χ4v) is 2.92. The lowest BCUT2D eigenvalue weighted by Gasteiger charge is -2.39. The largest absolute Gasteiger partial charge is 0.481 e. The fraction of sp³-hybridized carbons (Fsp3) is 0.929. The minimum Gasteiger partial charge on any atom is -0.481 e. The predicted molar refractivity (Wildman–Crippen MR) is 77.0 cm³/mol. The second-order valence-corrected chi connectivity index (χ2v) is 5.67. The zero-order valence-electron chi connectivity index (χ0n) is 12.5. The maximum atomic E-state index is 10.6. The second-order valence-electron chi connectivity index (χ2n) is 5.67. The molecule has 2 aliphatic heterocycles. The lowest BCUT2D eigenvalue weighted by molar-refractivity contribution is -0.137. The van der Waals surface area contributed by atoms with E-state index in [-0.39, 0.29) is 6.42 Å². The number of likely N-dealkylation sites (N-methyl/N-ethyl adjacent to an activating group) is 1. The maximum Gasteiger partial charge on any atom is 0.304 e. The van der Waals surface area contributed by atoms with Gasteiger partial charge in [-0.15, -0.1) is 0 Å². The van der Waals surface area contributed by atoms with Crippen LogP contribution in [0.5, 0.6) is 0 Å². The Kier molecular flexibility index (Phi) is 6.22. The average molecular weight is 285 g/mol. The summed E-state index contributed by atoms with van der Waals surface area (Å²) in [5.41, 5.74) is 0. The third-order valence-corrected chi connectivity index (χ3v) is 4.24. The topological polar surface area (TPSA) is 56.2 Å². The highest BCUT2D eigenvalue weighted by atomic mass is 16.5. The molecule has 0 amide bonds. The summed E-state index contributed by atoms with van der Waals surface area (Å²) in [6.07, 6.45) is 0.575. The number of piperazine rings is 1. The quantitative estimate of drug-likeness (QED) is 0.729. The first-order chi connectivity index (χ1) is 9.67. The molecule has 0 aromatic heterocycles. The number of carbonyl (C=O) groups is 1. The molecule has 116 valence electrons. The van der Waals surface area contributed by atoms with Gasteiger partial charge in [0.1, 0.15) is 0 Å². The van der Waals surface area contributed by atoms with Crippen molar-refractivity contribution >= 4 is 5.97 Å². The number of ether oxygens (including phenoxy) is 1. The van der Waals surface area contributed by atoms with Crippen molar-refractivity contribution in [2.75, 3.05) is 65.5 Å². The number of hydrogen-bond acceptors (Lipinski definition) is 5. The van der Waals surface area contributed by atoms with Crippen molar-refractivity contribution in [3.8, 4) is 0 Å². The Bertz CT molecular complexity index is 306. The molecule has 0 aliphatic carbocycles. The first-order valence-electron chi connectivity index (χ1n) is 7.68. The van der Waals surface area contributed by atoms with Gasteiger partial charge in [0.25, 0.3) is 0 Å². The van der Waals surface area contributed by atoms with E-state index in [1.807, 2.05) is 0 Å². The number of aliphatic carboxylic acids is 1. The molecule has 2 saturated heterocycles. The molecular formula is C14H27N3O3. The van der Waals surface area contributed by atoms with E-state index >= 15 is 0 Å². The SMILES string of the molecule is CCN1CCOC(CN2CCN(CCC(=O)O)CC2)C1. The molecule has 0 saturated carbocycles. The Morgan fingerprint density at radius 1 is 1.15 bits per heavy atom. The summed E-state index contributed by atoms with van der Waals surface area (Å²) in [6.45, 7) is 11.9. The van der Waals surface area contributed by atoms with Crippen LogP contribution in [0.25, 0.3) is 0 Å². The van der Waals surface area contributed by atoms with Crippen LogP contribution in [0.1, 0.15) is 13.3 Å². The second kappa shape index (κ2) is 7.93. The lowest BCUT2D eigenvalue weighted by atomic mass is 10.2. The Morgan fingerprint density at radius 3 is 2.50 bits per heavy atom. The predicted octanol–water partition coefficient (Wildman–Crippen LogP) is -0.201. The zero-order valence-corrected chi connectivity index (χ0v) is 12.5. The average Bonchev–Trinajstić information content (AvgIpc) is 2.47. The van der Waals surface area contributed by atoms with Gasteiger partial charge in [0.05, 0.1) is 19.1 Å². The van der Waals surface area contributed by atoms with Gasteiger partial charge in [-0.3, -0.25) is 14.6 Å². The minimum absolute atomic E-state index is 0.247. The number of rotatable bonds is 6. The fourth-order valence-electron chi connectivity index (χ4n) is 2.92. The molecule has 1 N–H and O–H groups in total. The van der Waals surface area contributed by atoms with Crippen LogP contribution < -0.4 is 0 Å². The first kappa shape index (κ1) is 15.7. The summed E-state index contributed by atoms with van der Waals surface area (Å²) >= 11 is 0. The Labute approximate surface area is 121 Å². The molecule has 0 bridgehead atoms. The van der Waals surface area contributed by atoms with Crippen LogP contribution in [0, 0.1) is 0 Å². The van der Waals surface area contributed by atoms with Gasteiger partial charge in [0.15, 0.2) is 0 Å². The standard InChI is InChI=1S/C14H27N3O3/c1-2-15-9-10-20-13(11-15)12-17-7-5-16(6-8-17)4-3-14(18)19/h13H,2-12H2,1H3,(H,18,19). The summed E-state index contributed by atoms with van der Waals surface area (Å²) < 4.78 is 5.84. The summed E-state index contributed by atoms with van der Waals surface area (Å²) in [7, 11) is 0. The van der Waals surface area contributed by atoms with Crippen LogP contribution in [0.3, 0.4) is 0 Å². The molecule has 1 atom stereocenters. The van der Waals surface area contributed by atoms with Crippen molar-refractivity contribution in [2.24, 2.45) is 0 Å². The van der Waals surface area contributed by atoms with E-state index in [1.165, 1.54) is 0 Å². The Morgan fingerprint density at radius 2 is 1.85 bits per heavy atom. The van der Waals surface area contributed by atoms with E-state index in [0.29, 0.717) is 12.6 Å². The third kappa shape index (κ3) is 5.01. The highest BCUT2D eigenvalue weighted by Crippen LogP contribution is 2.09. The molecule has 6 heteroatoms. The van der Waals surface area contributed by atoms with Crippen LogP contribution in [-0.2, 0) is 9.53 Å². The van der Waals surface area contributed by atoms with Gasteiger partial charge in [0.2, 0.25) is 0 Å². The molecule has 2 aliphatic rings. The smallest absolute Gasteiger partial charge is 0.304 e. The molecule has 0 aromatic carbocycles. The van der Waals surface area contributed by atoms with Crippen molar-refractivity contribution < 1.29 is 14.6 Å². The molecule has 2 rings (SSSR count). The molecule has 2 heterocycles. The normalized spacial score (nSPS) is 26.8. The van der Waals surface area contributed by atoms with Gasteiger partial charge in [-0.1, -0.05) is 6.92 Å². The van der Waals surface area contributed by atoms with E-state index in [2.05, 4.69) is 21.6 Å². The summed E-state index contributed by atoms with van der Waals surface area (Å²) in [5, 5.41) is 8.70. The number of hydrogen-bond donors (Lipinski definition) is 1. The number of carboxylic acid groups (broad SMARTS) is 1. The van der Waals surface area contributed by atoms with Gasteiger partial charge in [-0.2, -0.15) is 0 Å². The highest BCUT2D eigenvalue weighted by molar-refractivity contribution is 5.66. The Hall–Kier alpha value is -0.690. The van der Waals surface area contributed by atoms with Crippen LogP contribution >= 0.6 is 0 Å². The van der Waals surface area contributed by atoms with Crippen molar-refractivity contribution in [3.05, 3.63) is 0 Å². The number of morpholine rings is 1. The van der Waals surface area contributed by atoms with Crippen LogP contribution in [0.2, 0.25) is 0 Å². The monoisotopic (exact) mass is 285 g/mol. The molecule has 20 heavy (non-hydrogen) atoms. The van der Waals surface area contributed by atoms with Crippen molar-refractivity contribution in [3.63, 3.8) is 0 Å². The summed E-state index contributed by atoms with van der Waals surface area (Å²) in [5.74, 6) is -0.706. The molecule has 2 fully saturated rings. The maximum absolute atomic E-state index is 10.6. The third-order valence-electron chi connectivity index (χ3n) is 4.24. The number of nitrogens with zero attached hydrogens (tertiary/aromatic N) is 3. The molecule has 0 radical (unpaired) electrons. The highest BCUT2D eigenvalue weighted by Gasteiger charge is 2.24. The van der Waals surface area contributed by atoms with Gasteiger partial charge in [-0.25, -0.2) is 0 Å². The van der Waals surface area contributed by atoms with E-state index in [0.717, 1.165) is 59.0 Å². The van der Waals surface area contributed by atoms with E-state index in [9.17, 15) is 4.79 Å². The zero-order chi connectivity index (χ0) is 14.4. The van der Waals surface area contributed by atoms with Gasteiger partial charge < -0.3 is 14.7 Å². The van der Waals surface area contributed by atoms with Crippen molar-refractivity contribution in [1.29, 1.82) is 0 Å². The van der Waals surface area contributed by atoms with Crippen LogP contribution in [0.15, 0.2) is 0 Å². The molecule has 6 nitrogen and oxygen atoms in total. The van der Waals surface area contributed by atoms with Gasteiger partial charge >= 0.3 is 5.97 Å². The molecule has 0 aromatic rings. The van der Waals surface area contributed by atoms with E-state index in [1.54, 1.807) is 0 Å². The van der Waals surface area contributed by atoms with Gasteiger partial charge in [0, 0.05) is 52.4 Å². The van der Waals surface area contributed by atoms with Crippen LogP contribution in [-0.4, -0.2) is 97.4 Å². The molecule has 1 unspecified atom stereocenters. The van der Waals surface area contributed by atoms with Crippen LogP contribution in [0.4, 0.5) is 0 Å². The van der Waals surface area contributed by atoms with E-state index in [4.69, 9.17) is 9.84 Å². The lowest BCUT2D eigenvalue weighted by Crippen LogP contribution is -2.52. The molecular weight excluding hydrogens is 258 g/mol. The summed E-state index contributed by atoms with van der Waals surface area (Å²) in [6, 6.07) is 0. The van der Waals surface area contributed by atoms with Crippen molar-refractivity contribution in [2.45, 2.75) is 19.4 Å². The van der Waals surface area contributed by atoms with E-state index < -0.39 is 5.97 Å². The minimum atomic E-state index is -0.706. The Balaban J connectivity index is 1.65. The van der Waals surface area contributed by atoms with Crippen molar-refractivity contribution in [1.82, 2.24) is 14.7 Å². The first-order valence-corrected chi connectivity index (χ1v) is 7.68. The number of carboxylic acids is 1. The molecule has 0 spiro atoms. The summed E-state index contributed by atoms with van der Waals surface area (Å²) in [4.78, 5) is 17.7. The van der Waals surface area contributed by atoms with Gasteiger partial charge in [-0.05, 0) is 6.54 Å².